The van der Waals surface area contributed by atoms with Gasteiger partial charge in [-0.05, 0) is 50.5 Å². The van der Waals surface area contributed by atoms with Crippen molar-refractivity contribution in [2.45, 2.75) is 64.1 Å². The first kappa shape index (κ1) is 26.6. The summed E-state index contributed by atoms with van der Waals surface area (Å²) in [4.78, 5) is 30.0. The maximum atomic E-state index is 13.7. The van der Waals surface area contributed by atoms with Crippen LogP contribution < -0.4 is 5.32 Å². The zero-order valence-electron chi connectivity index (χ0n) is 21.2. The van der Waals surface area contributed by atoms with Crippen molar-refractivity contribution in [3.8, 4) is 0 Å². The summed E-state index contributed by atoms with van der Waals surface area (Å²) in [6, 6.07) is 25.7. The SMILES string of the molecule is CCC(C)NC(=O)C(Cc1ccccc1)N(Cc1cccc(C)c1)C(=O)CSc1ccc(C)cc1. The highest BCUT2D eigenvalue weighted by Gasteiger charge is 2.31. The van der Waals surface area contributed by atoms with E-state index in [1.54, 1.807) is 4.90 Å². The largest absolute Gasteiger partial charge is 0.352 e. The molecule has 184 valence electrons. The second-order valence-corrected chi connectivity index (χ2v) is 10.2. The highest BCUT2D eigenvalue weighted by Crippen LogP contribution is 2.22. The Kier molecular flexibility index (Phi) is 9.98. The molecule has 2 atom stereocenters. The molecule has 2 amide bonds. The van der Waals surface area contributed by atoms with Crippen molar-refractivity contribution in [1.29, 1.82) is 0 Å². The van der Waals surface area contributed by atoms with Gasteiger partial charge in [0.05, 0.1) is 5.75 Å². The molecule has 0 bridgehead atoms. The summed E-state index contributed by atoms with van der Waals surface area (Å²) >= 11 is 1.51. The Bertz CT molecular complexity index is 1100. The van der Waals surface area contributed by atoms with Crippen LogP contribution in [0.15, 0.2) is 83.8 Å². The summed E-state index contributed by atoms with van der Waals surface area (Å²) in [5, 5.41) is 3.12. The van der Waals surface area contributed by atoms with Gasteiger partial charge in [-0.1, -0.05) is 84.8 Å². The molecular weight excluding hydrogens is 452 g/mol. The number of benzene rings is 3. The van der Waals surface area contributed by atoms with Crippen LogP contribution in [0.1, 0.15) is 42.5 Å². The maximum absolute atomic E-state index is 13.7. The molecule has 35 heavy (non-hydrogen) atoms. The molecule has 0 aliphatic heterocycles. The molecule has 0 saturated carbocycles. The van der Waals surface area contributed by atoms with Gasteiger partial charge in [-0.2, -0.15) is 0 Å². The van der Waals surface area contributed by atoms with Crippen LogP contribution >= 0.6 is 11.8 Å². The number of carbonyl (C=O) groups is 2. The number of aryl methyl sites for hydroxylation is 2. The summed E-state index contributed by atoms with van der Waals surface area (Å²) in [7, 11) is 0. The lowest BCUT2D eigenvalue weighted by Crippen LogP contribution is -2.52. The van der Waals surface area contributed by atoms with E-state index in [9.17, 15) is 9.59 Å². The van der Waals surface area contributed by atoms with E-state index in [2.05, 4.69) is 23.5 Å². The fourth-order valence-electron chi connectivity index (χ4n) is 3.86. The molecule has 4 nitrogen and oxygen atoms in total. The third-order valence-corrected chi connectivity index (χ3v) is 7.09. The number of thioether (sulfide) groups is 1. The zero-order valence-corrected chi connectivity index (χ0v) is 22.0. The number of amides is 2. The van der Waals surface area contributed by atoms with Gasteiger partial charge in [0.1, 0.15) is 6.04 Å². The predicted molar refractivity (Wildman–Crippen MR) is 145 cm³/mol. The number of nitrogens with one attached hydrogen (secondary N) is 1. The quantitative estimate of drug-likeness (QED) is 0.339. The van der Waals surface area contributed by atoms with Crippen molar-refractivity contribution < 1.29 is 9.59 Å². The van der Waals surface area contributed by atoms with E-state index < -0.39 is 6.04 Å². The van der Waals surface area contributed by atoms with E-state index in [0.29, 0.717) is 13.0 Å². The maximum Gasteiger partial charge on any atom is 0.243 e. The molecule has 0 spiro atoms. The van der Waals surface area contributed by atoms with Crippen molar-refractivity contribution >= 4 is 23.6 Å². The van der Waals surface area contributed by atoms with Gasteiger partial charge in [-0.25, -0.2) is 0 Å². The lowest BCUT2D eigenvalue weighted by Gasteiger charge is -2.32. The summed E-state index contributed by atoms with van der Waals surface area (Å²) < 4.78 is 0. The van der Waals surface area contributed by atoms with Crippen LogP contribution in [0.3, 0.4) is 0 Å². The Labute approximate surface area is 214 Å². The van der Waals surface area contributed by atoms with Crippen LogP contribution in [0.25, 0.3) is 0 Å². The average molecular weight is 489 g/mol. The van der Waals surface area contributed by atoms with Crippen LogP contribution in [0.4, 0.5) is 0 Å². The summed E-state index contributed by atoms with van der Waals surface area (Å²) in [5.74, 6) is 0.124. The number of rotatable bonds is 11. The molecule has 0 radical (unpaired) electrons. The zero-order chi connectivity index (χ0) is 25.2. The fraction of sp³-hybridized carbons (Fsp3) is 0.333. The highest BCUT2D eigenvalue weighted by molar-refractivity contribution is 8.00. The molecule has 3 rings (SSSR count). The van der Waals surface area contributed by atoms with Gasteiger partial charge in [-0.3, -0.25) is 9.59 Å². The summed E-state index contributed by atoms with van der Waals surface area (Å²) in [6.07, 6.45) is 1.30. The smallest absolute Gasteiger partial charge is 0.243 e. The standard InChI is InChI=1S/C30H36N2O2S/c1-5-24(4)31-30(34)28(19-25-11-7-6-8-12-25)32(20-26-13-9-10-23(3)18-26)29(33)21-35-27-16-14-22(2)15-17-27/h6-18,24,28H,5,19-21H2,1-4H3,(H,31,34). The van der Waals surface area contributed by atoms with Crippen molar-refractivity contribution in [2.24, 2.45) is 0 Å². The van der Waals surface area contributed by atoms with Crippen LogP contribution in [0.2, 0.25) is 0 Å². The minimum Gasteiger partial charge on any atom is -0.352 e. The molecule has 3 aromatic carbocycles. The first-order valence-electron chi connectivity index (χ1n) is 12.2. The van der Waals surface area contributed by atoms with Gasteiger partial charge in [0.15, 0.2) is 0 Å². The van der Waals surface area contributed by atoms with Gasteiger partial charge < -0.3 is 10.2 Å². The van der Waals surface area contributed by atoms with Crippen LogP contribution in [-0.2, 0) is 22.6 Å². The Morgan fingerprint density at radius 1 is 0.886 bits per heavy atom. The normalized spacial score (nSPS) is 12.6. The third kappa shape index (κ3) is 8.29. The van der Waals surface area contributed by atoms with Crippen LogP contribution in [0.5, 0.6) is 0 Å². The molecule has 1 N–H and O–H groups in total. The van der Waals surface area contributed by atoms with E-state index in [4.69, 9.17) is 0 Å². The van der Waals surface area contributed by atoms with Gasteiger partial charge in [0.2, 0.25) is 11.8 Å². The third-order valence-electron chi connectivity index (χ3n) is 6.09. The van der Waals surface area contributed by atoms with E-state index in [0.717, 1.165) is 28.0 Å². The minimum atomic E-state index is -0.599. The van der Waals surface area contributed by atoms with Crippen molar-refractivity contribution in [3.63, 3.8) is 0 Å². The first-order valence-corrected chi connectivity index (χ1v) is 13.2. The lowest BCUT2D eigenvalue weighted by molar-refractivity contribution is -0.139. The molecule has 2 unspecified atom stereocenters. The van der Waals surface area contributed by atoms with Crippen LogP contribution in [-0.4, -0.2) is 34.6 Å². The van der Waals surface area contributed by atoms with Crippen molar-refractivity contribution in [1.82, 2.24) is 10.2 Å². The Hall–Kier alpha value is -3.05. The van der Waals surface area contributed by atoms with E-state index in [1.807, 2.05) is 88.4 Å². The van der Waals surface area contributed by atoms with Crippen LogP contribution in [0, 0.1) is 13.8 Å². The molecular formula is C30H36N2O2S. The highest BCUT2D eigenvalue weighted by atomic mass is 32.2. The molecule has 5 heteroatoms. The molecule has 0 saturated heterocycles. The second kappa shape index (κ2) is 13.1. The van der Waals surface area contributed by atoms with E-state index in [1.165, 1.54) is 17.3 Å². The summed E-state index contributed by atoms with van der Waals surface area (Å²) in [5.41, 5.74) is 4.37. The Morgan fingerprint density at radius 2 is 1.57 bits per heavy atom. The topological polar surface area (TPSA) is 49.4 Å². The van der Waals surface area contributed by atoms with Crippen molar-refractivity contribution in [3.05, 3.63) is 101 Å². The summed E-state index contributed by atoms with van der Waals surface area (Å²) in [6.45, 7) is 8.52. The van der Waals surface area contributed by atoms with Gasteiger partial charge in [0, 0.05) is 23.9 Å². The second-order valence-electron chi connectivity index (χ2n) is 9.14. The lowest BCUT2D eigenvalue weighted by atomic mass is 10.0. The van der Waals surface area contributed by atoms with E-state index in [-0.39, 0.29) is 23.6 Å². The van der Waals surface area contributed by atoms with Gasteiger partial charge >= 0.3 is 0 Å². The molecule has 0 aromatic heterocycles. The molecule has 0 heterocycles. The molecule has 0 aliphatic carbocycles. The number of hydrogen-bond donors (Lipinski definition) is 1. The predicted octanol–water partition coefficient (Wildman–Crippen LogP) is 5.95. The molecule has 0 aliphatic rings. The van der Waals surface area contributed by atoms with Gasteiger partial charge in [0.25, 0.3) is 0 Å². The average Bonchev–Trinajstić information content (AvgIpc) is 2.86. The van der Waals surface area contributed by atoms with Crippen molar-refractivity contribution in [2.75, 3.05) is 5.75 Å². The Balaban J connectivity index is 1.90. The number of carbonyl (C=O) groups excluding carboxylic acids is 2. The number of nitrogens with zero attached hydrogens (tertiary/aromatic N) is 1. The first-order chi connectivity index (χ1) is 16.9. The van der Waals surface area contributed by atoms with Gasteiger partial charge in [-0.15, -0.1) is 11.8 Å². The number of hydrogen-bond acceptors (Lipinski definition) is 3. The molecule has 3 aromatic rings. The monoisotopic (exact) mass is 488 g/mol. The van der Waals surface area contributed by atoms with E-state index >= 15 is 0 Å². The minimum absolute atomic E-state index is 0.0404. The fourth-order valence-corrected chi connectivity index (χ4v) is 4.65. The Morgan fingerprint density at radius 3 is 2.23 bits per heavy atom. The molecule has 0 fully saturated rings.